The molecule has 0 bridgehead atoms. The molecular weight excluding hydrogens is 184 g/mol. The molecule has 76 valence electrons. The third kappa shape index (κ3) is 2.07. The molecule has 0 aliphatic carbocycles. The van der Waals surface area contributed by atoms with Crippen molar-refractivity contribution in [1.29, 1.82) is 0 Å². The number of esters is 1. The van der Waals surface area contributed by atoms with E-state index in [1.165, 1.54) is 6.26 Å². The highest BCUT2D eigenvalue weighted by Crippen LogP contribution is 2.13. The van der Waals surface area contributed by atoms with Crippen LogP contribution in [0.5, 0.6) is 0 Å². The van der Waals surface area contributed by atoms with Gasteiger partial charge in [0.15, 0.2) is 6.10 Å². The zero-order chi connectivity index (χ0) is 9.80. The Morgan fingerprint density at radius 3 is 2.71 bits per heavy atom. The van der Waals surface area contributed by atoms with Crippen molar-refractivity contribution in [2.75, 3.05) is 6.61 Å². The molecule has 0 saturated carbocycles. The third-order valence-corrected chi connectivity index (χ3v) is 2.13. The monoisotopic (exact) mass is 196 g/mol. The van der Waals surface area contributed by atoms with Gasteiger partial charge in [0.05, 0.1) is 12.5 Å². The highest BCUT2D eigenvalue weighted by molar-refractivity contribution is 5.75. The van der Waals surface area contributed by atoms with Crippen molar-refractivity contribution in [3.8, 4) is 0 Å². The van der Waals surface area contributed by atoms with E-state index >= 15 is 0 Å². The van der Waals surface area contributed by atoms with Crippen LogP contribution in [0.1, 0.15) is 12.8 Å². The normalized spacial score (nSPS) is 28.6. The molecule has 0 saturated heterocycles. The zero-order valence-electron chi connectivity index (χ0n) is 7.72. The lowest BCUT2D eigenvalue weighted by molar-refractivity contribution is -0.155. The Bertz CT molecular complexity index is 253. The lowest BCUT2D eigenvalue weighted by Gasteiger charge is -2.13. The number of rotatable bonds is 3. The number of carbonyl (C=O) groups excluding carboxylic acids is 1. The van der Waals surface area contributed by atoms with Crippen LogP contribution < -0.4 is 0 Å². The molecule has 4 nitrogen and oxygen atoms in total. The second-order valence-corrected chi connectivity index (χ2v) is 3.23. The maximum absolute atomic E-state index is 11.3. The summed E-state index contributed by atoms with van der Waals surface area (Å²) in [4.78, 5) is 11.3. The first kappa shape index (κ1) is 9.12. The molecule has 0 radical (unpaired) electrons. The van der Waals surface area contributed by atoms with Gasteiger partial charge in [-0.2, -0.15) is 0 Å². The van der Waals surface area contributed by atoms with E-state index in [0.717, 1.165) is 6.42 Å². The van der Waals surface area contributed by atoms with Crippen LogP contribution in [0.2, 0.25) is 0 Å². The minimum atomic E-state index is -0.454. The summed E-state index contributed by atoms with van der Waals surface area (Å²) in [5.74, 6) is -0.314. The van der Waals surface area contributed by atoms with Gasteiger partial charge in [0, 0.05) is 12.8 Å². The number of ether oxygens (including phenoxy) is 3. The Morgan fingerprint density at radius 1 is 1.29 bits per heavy atom. The molecule has 0 spiro atoms. The van der Waals surface area contributed by atoms with Crippen LogP contribution in [0.15, 0.2) is 24.7 Å². The highest BCUT2D eigenvalue weighted by Gasteiger charge is 2.24. The first-order chi connectivity index (χ1) is 6.86. The van der Waals surface area contributed by atoms with Gasteiger partial charge in [0.25, 0.3) is 0 Å². The summed E-state index contributed by atoms with van der Waals surface area (Å²) < 4.78 is 15.2. The minimum absolute atomic E-state index is 0.0201. The average Bonchev–Trinajstić information content (AvgIpc) is 2.87. The van der Waals surface area contributed by atoms with Gasteiger partial charge >= 0.3 is 5.97 Å². The van der Waals surface area contributed by atoms with Crippen molar-refractivity contribution < 1.29 is 19.0 Å². The molecule has 4 heteroatoms. The van der Waals surface area contributed by atoms with Gasteiger partial charge in [-0.1, -0.05) is 0 Å². The Morgan fingerprint density at radius 2 is 2.07 bits per heavy atom. The number of carbonyl (C=O) groups is 1. The smallest absolute Gasteiger partial charge is 0.347 e. The molecule has 0 N–H and O–H groups in total. The fourth-order valence-corrected chi connectivity index (χ4v) is 1.34. The summed E-state index contributed by atoms with van der Waals surface area (Å²) in [6.45, 7) is 0.297. The molecule has 0 aromatic rings. The molecule has 0 amide bonds. The quantitative estimate of drug-likeness (QED) is 0.635. The molecule has 2 aliphatic rings. The van der Waals surface area contributed by atoms with Crippen LogP contribution in [-0.4, -0.2) is 24.8 Å². The van der Waals surface area contributed by atoms with Crippen molar-refractivity contribution in [1.82, 2.24) is 0 Å². The van der Waals surface area contributed by atoms with Gasteiger partial charge < -0.3 is 14.2 Å². The Hall–Kier alpha value is -1.45. The Labute approximate surface area is 82.1 Å². The third-order valence-electron chi connectivity index (χ3n) is 2.13. The zero-order valence-corrected chi connectivity index (χ0v) is 7.72. The summed E-state index contributed by atoms with van der Waals surface area (Å²) in [6.07, 6.45) is 7.80. The second-order valence-electron chi connectivity index (χ2n) is 3.23. The van der Waals surface area contributed by atoms with Crippen molar-refractivity contribution in [2.24, 2.45) is 0 Å². The van der Waals surface area contributed by atoms with E-state index in [2.05, 4.69) is 0 Å². The fraction of sp³-hybridized carbons (Fsp3) is 0.500. The maximum Gasteiger partial charge on any atom is 0.347 e. The van der Waals surface area contributed by atoms with E-state index in [-0.39, 0.29) is 12.1 Å². The first-order valence-electron chi connectivity index (χ1n) is 4.64. The summed E-state index contributed by atoms with van der Waals surface area (Å²) in [6, 6.07) is 0. The van der Waals surface area contributed by atoms with Crippen LogP contribution in [0, 0.1) is 0 Å². The van der Waals surface area contributed by atoms with E-state index in [1.54, 1.807) is 12.3 Å². The predicted molar refractivity (Wildman–Crippen MR) is 48.2 cm³/mol. The molecule has 0 aromatic carbocycles. The molecule has 2 rings (SSSR count). The van der Waals surface area contributed by atoms with Crippen LogP contribution in [0.25, 0.3) is 0 Å². The van der Waals surface area contributed by atoms with E-state index in [9.17, 15) is 4.79 Å². The molecule has 14 heavy (non-hydrogen) atoms. The molecular formula is C10H12O4. The summed E-state index contributed by atoms with van der Waals surface area (Å²) in [5.41, 5.74) is 0. The predicted octanol–water partition coefficient (Wildman–Crippen LogP) is 1.13. The maximum atomic E-state index is 11.3. The second kappa shape index (κ2) is 4.17. The van der Waals surface area contributed by atoms with Gasteiger partial charge in [-0.15, -0.1) is 0 Å². The molecule has 2 heterocycles. The number of hydrogen-bond acceptors (Lipinski definition) is 4. The van der Waals surface area contributed by atoms with Gasteiger partial charge in [-0.05, 0) is 12.2 Å². The standard InChI is InChI=1S/C10H12O4/c11-10(9-4-2-6-13-9)14-7-8-3-1-5-12-8/h1-2,5-6,8-9H,3-4,7H2. The van der Waals surface area contributed by atoms with Gasteiger partial charge in [-0.25, -0.2) is 4.79 Å². The molecule has 2 unspecified atom stereocenters. The fourth-order valence-electron chi connectivity index (χ4n) is 1.34. The van der Waals surface area contributed by atoms with Crippen LogP contribution in [0.3, 0.4) is 0 Å². The Balaban J connectivity index is 1.67. The summed E-state index contributed by atoms with van der Waals surface area (Å²) >= 11 is 0. The first-order valence-corrected chi connectivity index (χ1v) is 4.64. The lowest BCUT2D eigenvalue weighted by Crippen LogP contribution is -2.26. The van der Waals surface area contributed by atoms with E-state index in [0.29, 0.717) is 13.0 Å². The highest BCUT2D eigenvalue weighted by atomic mass is 16.6. The largest absolute Gasteiger partial charge is 0.494 e. The molecule has 2 aliphatic heterocycles. The van der Waals surface area contributed by atoms with Crippen LogP contribution >= 0.6 is 0 Å². The minimum Gasteiger partial charge on any atom is -0.494 e. The molecule has 2 atom stereocenters. The van der Waals surface area contributed by atoms with E-state index in [1.807, 2.05) is 6.08 Å². The van der Waals surface area contributed by atoms with E-state index in [4.69, 9.17) is 14.2 Å². The van der Waals surface area contributed by atoms with Crippen molar-refractivity contribution in [3.05, 3.63) is 24.7 Å². The van der Waals surface area contributed by atoms with Crippen molar-refractivity contribution in [2.45, 2.75) is 25.0 Å². The van der Waals surface area contributed by atoms with Crippen molar-refractivity contribution >= 4 is 5.97 Å². The SMILES string of the molecule is O=C(OCC1CC=CO1)C1CC=CO1. The van der Waals surface area contributed by atoms with E-state index < -0.39 is 6.10 Å². The average molecular weight is 196 g/mol. The van der Waals surface area contributed by atoms with Crippen LogP contribution in [-0.2, 0) is 19.0 Å². The topological polar surface area (TPSA) is 44.8 Å². The van der Waals surface area contributed by atoms with Gasteiger partial charge in [0.2, 0.25) is 0 Å². The van der Waals surface area contributed by atoms with Crippen LogP contribution in [0.4, 0.5) is 0 Å². The molecule has 0 aromatic heterocycles. The molecule has 0 fully saturated rings. The van der Waals surface area contributed by atoms with Gasteiger partial charge in [0.1, 0.15) is 12.7 Å². The Kier molecular flexibility index (Phi) is 2.72. The number of hydrogen-bond donors (Lipinski definition) is 0. The summed E-state index contributed by atoms with van der Waals surface area (Å²) in [7, 11) is 0. The van der Waals surface area contributed by atoms with Gasteiger partial charge in [-0.3, -0.25) is 0 Å². The van der Waals surface area contributed by atoms with Crippen molar-refractivity contribution in [3.63, 3.8) is 0 Å². The summed E-state index contributed by atoms with van der Waals surface area (Å²) in [5, 5.41) is 0. The lowest BCUT2D eigenvalue weighted by atomic mass is 10.2.